The molecule has 2 unspecified atom stereocenters. The SMILES string of the molecule is C[CH]C(C)C(C)C=O. The highest BCUT2D eigenvalue weighted by atomic mass is 16.1. The summed E-state index contributed by atoms with van der Waals surface area (Å²) in [6, 6.07) is 0. The van der Waals surface area contributed by atoms with Crippen molar-refractivity contribution < 1.29 is 4.79 Å². The first-order chi connectivity index (χ1) is 3.72. The van der Waals surface area contributed by atoms with Crippen molar-refractivity contribution in [1.82, 2.24) is 0 Å². The fourth-order valence-corrected chi connectivity index (χ4v) is 0.427. The van der Waals surface area contributed by atoms with Gasteiger partial charge in [-0.3, -0.25) is 0 Å². The van der Waals surface area contributed by atoms with Crippen LogP contribution in [0.5, 0.6) is 0 Å². The smallest absolute Gasteiger partial charge is 0.123 e. The van der Waals surface area contributed by atoms with E-state index in [-0.39, 0.29) is 5.92 Å². The van der Waals surface area contributed by atoms with E-state index in [1.807, 2.05) is 27.2 Å². The third-order valence-electron chi connectivity index (χ3n) is 1.57. The van der Waals surface area contributed by atoms with E-state index in [2.05, 4.69) is 0 Å². The minimum absolute atomic E-state index is 0.181. The number of hydrogen-bond acceptors (Lipinski definition) is 1. The number of carbonyl (C=O) groups is 1. The van der Waals surface area contributed by atoms with E-state index in [0.29, 0.717) is 5.92 Å². The molecule has 0 aromatic rings. The number of hydrogen-bond donors (Lipinski definition) is 0. The Balaban J connectivity index is 3.44. The fraction of sp³-hybridized carbons (Fsp3) is 0.714. The number of carbonyl (C=O) groups excluding carboxylic acids is 1. The molecule has 0 heterocycles. The predicted molar refractivity (Wildman–Crippen MR) is 34.4 cm³/mol. The Morgan fingerprint density at radius 2 is 1.75 bits per heavy atom. The van der Waals surface area contributed by atoms with Crippen LogP contribution in [0.25, 0.3) is 0 Å². The van der Waals surface area contributed by atoms with Gasteiger partial charge in [-0.2, -0.15) is 0 Å². The van der Waals surface area contributed by atoms with Gasteiger partial charge in [-0.25, -0.2) is 0 Å². The first-order valence-corrected chi connectivity index (χ1v) is 2.97. The summed E-state index contributed by atoms with van der Waals surface area (Å²) in [5.41, 5.74) is 0. The van der Waals surface area contributed by atoms with Crippen LogP contribution in [0.2, 0.25) is 0 Å². The minimum Gasteiger partial charge on any atom is -0.303 e. The monoisotopic (exact) mass is 113 g/mol. The molecule has 0 aromatic carbocycles. The van der Waals surface area contributed by atoms with Crippen molar-refractivity contribution >= 4 is 6.29 Å². The lowest BCUT2D eigenvalue weighted by molar-refractivity contribution is -0.111. The van der Waals surface area contributed by atoms with E-state index in [4.69, 9.17) is 0 Å². The predicted octanol–water partition coefficient (Wildman–Crippen LogP) is 1.68. The van der Waals surface area contributed by atoms with Gasteiger partial charge in [0.25, 0.3) is 0 Å². The second kappa shape index (κ2) is 3.65. The van der Waals surface area contributed by atoms with Crippen LogP contribution in [-0.4, -0.2) is 6.29 Å². The average Bonchev–Trinajstić information content (AvgIpc) is 1.84. The zero-order chi connectivity index (χ0) is 6.57. The molecule has 2 atom stereocenters. The Hall–Kier alpha value is -0.330. The van der Waals surface area contributed by atoms with Gasteiger partial charge in [0.05, 0.1) is 0 Å². The first-order valence-electron chi connectivity index (χ1n) is 2.97. The highest BCUT2D eigenvalue weighted by Crippen LogP contribution is 2.09. The van der Waals surface area contributed by atoms with E-state index < -0.39 is 0 Å². The molecule has 0 saturated heterocycles. The van der Waals surface area contributed by atoms with Crippen molar-refractivity contribution in [3.63, 3.8) is 0 Å². The highest BCUT2D eigenvalue weighted by molar-refractivity contribution is 5.53. The Morgan fingerprint density at radius 1 is 1.25 bits per heavy atom. The molecule has 1 nitrogen and oxygen atoms in total. The molecule has 0 amide bonds. The van der Waals surface area contributed by atoms with Gasteiger partial charge in [0.1, 0.15) is 6.29 Å². The topological polar surface area (TPSA) is 17.1 Å². The Kier molecular flexibility index (Phi) is 3.49. The molecule has 1 heteroatoms. The summed E-state index contributed by atoms with van der Waals surface area (Å²) in [4.78, 5) is 10.1. The number of rotatable bonds is 3. The highest BCUT2D eigenvalue weighted by Gasteiger charge is 2.06. The second-order valence-corrected chi connectivity index (χ2v) is 2.19. The quantitative estimate of drug-likeness (QED) is 0.509. The molecule has 1 radical (unpaired) electrons. The van der Waals surface area contributed by atoms with Gasteiger partial charge in [0.15, 0.2) is 0 Å². The van der Waals surface area contributed by atoms with E-state index in [9.17, 15) is 4.79 Å². The molecule has 47 valence electrons. The van der Waals surface area contributed by atoms with Crippen molar-refractivity contribution in [2.24, 2.45) is 11.8 Å². The van der Waals surface area contributed by atoms with Crippen LogP contribution < -0.4 is 0 Å². The third-order valence-corrected chi connectivity index (χ3v) is 1.57. The molecular formula is C7H13O. The lowest BCUT2D eigenvalue weighted by Gasteiger charge is -2.09. The van der Waals surface area contributed by atoms with Gasteiger partial charge in [-0.05, 0) is 12.3 Å². The van der Waals surface area contributed by atoms with E-state index >= 15 is 0 Å². The summed E-state index contributed by atoms with van der Waals surface area (Å²) in [6.45, 7) is 5.95. The summed E-state index contributed by atoms with van der Waals surface area (Å²) in [7, 11) is 0. The molecule has 0 aliphatic heterocycles. The van der Waals surface area contributed by atoms with Crippen molar-refractivity contribution in [2.75, 3.05) is 0 Å². The molecule has 0 saturated carbocycles. The van der Waals surface area contributed by atoms with Crippen LogP contribution in [0.3, 0.4) is 0 Å². The summed E-state index contributed by atoms with van der Waals surface area (Å²) in [5.74, 6) is 0.604. The van der Waals surface area contributed by atoms with Crippen molar-refractivity contribution in [3.05, 3.63) is 6.42 Å². The van der Waals surface area contributed by atoms with Crippen LogP contribution in [0.1, 0.15) is 20.8 Å². The molecule has 0 aliphatic carbocycles. The standard InChI is InChI=1S/C7H13O/c1-4-6(2)7(3)5-8/h4-7H,1-3H3. The van der Waals surface area contributed by atoms with Crippen molar-refractivity contribution in [2.45, 2.75) is 20.8 Å². The van der Waals surface area contributed by atoms with Crippen LogP contribution in [0, 0.1) is 18.3 Å². The van der Waals surface area contributed by atoms with Gasteiger partial charge >= 0.3 is 0 Å². The van der Waals surface area contributed by atoms with E-state index in [0.717, 1.165) is 6.29 Å². The van der Waals surface area contributed by atoms with Crippen LogP contribution in [0.4, 0.5) is 0 Å². The molecule has 8 heavy (non-hydrogen) atoms. The Bertz CT molecular complexity index is 68.8. The van der Waals surface area contributed by atoms with Crippen molar-refractivity contribution in [1.29, 1.82) is 0 Å². The molecule has 0 rings (SSSR count). The second-order valence-electron chi connectivity index (χ2n) is 2.19. The van der Waals surface area contributed by atoms with Gasteiger partial charge in [0.2, 0.25) is 0 Å². The average molecular weight is 113 g/mol. The zero-order valence-corrected chi connectivity index (χ0v) is 5.72. The van der Waals surface area contributed by atoms with Crippen LogP contribution >= 0.6 is 0 Å². The molecule has 0 N–H and O–H groups in total. The van der Waals surface area contributed by atoms with E-state index in [1.54, 1.807) is 0 Å². The van der Waals surface area contributed by atoms with Gasteiger partial charge in [-0.1, -0.05) is 20.8 Å². The number of aldehydes is 1. The molecular weight excluding hydrogens is 100 g/mol. The fourth-order valence-electron chi connectivity index (χ4n) is 0.427. The molecule has 0 spiro atoms. The maximum absolute atomic E-state index is 10.1. The van der Waals surface area contributed by atoms with Gasteiger partial charge < -0.3 is 4.79 Å². The van der Waals surface area contributed by atoms with E-state index in [1.165, 1.54) is 0 Å². The summed E-state index contributed by atoms with van der Waals surface area (Å²) in [5, 5.41) is 0. The molecule has 0 aliphatic rings. The normalized spacial score (nSPS) is 17.4. The maximum Gasteiger partial charge on any atom is 0.123 e. The summed E-state index contributed by atoms with van der Waals surface area (Å²) < 4.78 is 0. The largest absolute Gasteiger partial charge is 0.303 e. The lowest BCUT2D eigenvalue weighted by atomic mass is 9.95. The van der Waals surface area contributed by atoms with Crippen LogP contribution in [0.15, 0.2) is 0 Å². The third kappa shape index (κ3) is 2.10. The summed E-state index contributed by atoms with van der Waals surface area (Å²) in [6.07, 6.45) is 3.03. The zero-order valence-electron chi connectivity index (χ0n) is 5.72. The Morgan fingerprint density at radius 3 is 1.88 bits per heavy atom. The molecule has 0 aromatic heterocycles. The first kappa shape index (κ1) is 7.67. The maximum atomic E-state index is 10.1. The Labute approximate surface area is 51.1 Å². The van der Waals surface area contributed by atoms with Gasteiger partial charge in [0, 0.05) is 5.92 Å². The van der Waals surface area contributed by atoms with Gasteiger partial charge in [-0.15, -0.1) is 0 Å². The molecule has 0 bridgehead atoms. The van der Waals surface area contributed by atoms with Crippen molar-refractivity contribution in [3.8, 4) is 0 Å². The minimum atomic E-state index is 0.181. The summed E-state index contributed by atoms with van der Waals surface area (Å²) >= 11 is 0. The lowest BCUT2D eigenvalue weighted by Crippen LogP contribution is -2.07. The molecule has 0 fully saturated rings. The van der Waals surface area contributed by atoms with Crippen LogP contribution in [-0.2, 0) is 4.79 Å².